The van der Waals surface area contributed by atoms with Crippen LogP contribution in [-0.2, 0) is 10.0 Å². The smallest absolute Gasteiger partial charge is 0.235 e. The molecule has 108 valence electrons. The number of anilines is 1. The van der Waals surface area contributed by atoms with Gasteiger partial charge in [-0.25, -0.2) is 8.42 Å². The van der Waals surface area contributed by atoms with Crippen LogP contribution < -0.4 is 14.4 Å². The molecule has 0 aliphatic rings. The average molecular weight is 286 g/mol. The monoisotopic (exact) mass is 286 g/mol. The molecule has 0 aromatic heterocycles. The molecule has 0 aliphatic carbocycles. The van der Waals surface area contributed by atoms with Crippen LogP contribution >= 0.6 is 0 Å². The van der Waals surface area contributed by atoms with E-state index in [1.165, 1.54) is 11.4 Å². The Hall–Kier alpha value is -1.27. The number of hydrogen-bond acceptors (Lipinski definition) is 4. The number of hydrogen-bond donors (Lipinski definition) is 1. The van der Waals surface area contributed by atoms with Crippen molar-refractivity contribution < 1.29 is 13.2 Å². The number of benzene rings is 1. The predicted octanol–water partition coefficient (Wildman–Crippen LogP) is 1.46. The number of para-hydroxylation sites is 2. The van der Waals surface area contributed by atoms with Crippen molar-refractivity contribution in [2.45, 2.75) is 12.8 Å². The summed E-state index contributed by atoms with van der Waals surface area (Å²) in [6, 6.07) is 7.10. The molecular weight excluding hydrogens is 264 g/mol. The third-order valence-corrected chi connectivity index (χ3v) is 4.76. The summed E-state index contributed by atoms with van der Waals surface area (Å²) in [5.74, 6) is 0.701. The van der Waals surface area contributed by atoms with Crippen LogP contribution in [0.4, 0.5) is 5.69 Å². The van der Waals surface area contributed by atoms with E-state index < -0.39 is 10.0 Å². The molecule has 19 heavy (non-hydrogen) atoms. The average Bonchev–Trinajstić information content (AvgIpc) is 2.42. The minimum absolute atomic E-state index is 0.142. The van der Waals surface area contributed by atoms with Gasteiger partial charge in [-0.1, -0.05) is 12.1 Å². The first-order chi connectivity index (χ1) is 9.03. The normalized spacial score (nSPS) is 11.3. The van der Waals surface area contributed by atoms with Gasteiger partial charge in [0.1, 0.15) is 5.75 Å². The molecule has 1 aromatic rings. The van der Waals surface area contributed by atoms with Crippen molar-refractivity contribution in [1.82, 2.24) is 5.32 Å². The van der Waals surface area contributed by atoms with Crippen molar-refractivity contribution in [3.63, 3.8) is 0 Å². The number of ether oxygens (including phenoxy) is 1. The van der Waals surface area contributed by atoms with Gasteiger partial charge in [-0.05, 0) is 38.6 Å². The van der Waals surface area contributed by atoms with Crippen LogP contribution in [0.1, 0.15) is 12.8 Å². The van der Waals surface area contributed by atoms with Gasteiger partial charge in [0, 0.05) is 7.05 Å². The standard InChI is InChI=1S/C13H22N2O3S/c1-14-10-6-7-11-19(16,17)15(2)12-8-4-5-9-13(12)18-3/h4-5,8-9,14H,6-7,10-11H2,1-3H3. The largest absolute Gasteiger partial charge is 0.495 e. The van der Waals surface area contributed by atoms with E-state index in [0.29, 0.717) is 17.9 Å². The minimum atomic E-state index is -3.30. The van der Waals surface area contributed by atoms with Gasteiger partial charge in [0.15, 0.2) is 0 Å². The lowest BCUT2D eigenvalue weighted by molar-refractivity contribution is 0.416. The molecule has 5 nitrogen and oxygen atoms in total. The Morgan fingerprint density at radius 2 is 1.95 bits per heavy atom. The van der Waals surface area contributed by atoms with Crippen molar-refractivity contribution in [1.29, 1.82) is 0 Å². The van der Waals surface area contributed by atoms with E-state index in [9.17, 15) is 8.42 Å². The van der Waals surface area contributed by atoms with E-state index in [2.05, 4.69) is 5.32 Å². The molecule has 0 fully saturated rings. The fourth-order valence-electron chi connectivity index (χ4n) is 1.76. The Morgan fingerprint density at radius 3 is 2.58 bits per heavy atom. The third kappa shape index (κ3) is 4.40. The zero-order chi connectivity index (χ0) is 14.3. The molecule has 0 saturated carbocycles. The maximum Gasteiger partial charge on any atom is 0.235 e. The SMILES string of the molecule is CNCCCCS(=O)(=O)N(C)c1ccccc1OC. The van der Waals surface area contributed by atoms with Gasteiger partial charge in [0.25, 0.3) is 0 Å². The first kappa shape index (κ1) is 15.8. The zero-order valence-corrected chi connectivity index (χ0v) is 12.5. The summed E-state index contributed by atoms with van der Waals surface area (Å²) in [6.07, 6.45) is 1.48. The molecule has 0 amide bonds. The molecule has 0 spiro atoms. The fraction of sp³-hybridized carbons (Fsp3) is 0.538. The Labute approximate surface area is 115 Å². The van der Waals surface area contributed by atoms with Crippen molar-refractivity contribution in [3.05, 3.63) is 24.3 Å². The lowest BCUT2D eigenvalue weighted by Gasteiger charge is -2.21. The Kier molecular flexibility index (Phi) is 6.11. The number of nitrogens with zero attached hydrogens (tertiary/aromatic N) is 1. The maximum absolute atomic E-state index is 12.2. The second-order valence-corrected chi connectivity index (χ2v) is 6.39. The molecule has 0 bridgehead atoms. The molecule has 0 aliphatic heterocycles. The lowest BCUT2D eigenvalue weighted by Crippen LogP contribution is -2.29. The first-order valence-corrected chi connectivity index (χ1v) is 7.88. The number of sulfonamides is 1. The fourth-order valence-corrected chi connectivity index (χ4v) is 3.06. The molecule has 0 atom stereocenters. The second kappa shape index (κ2) is 7.35. The van der Waals surface area contributed by atoms with Crippen LogP contribution in [0, 0.1) is 0 Å². The first-order valence-electron chi connectivity index (χ1n) is 6.27. The highest BCUT2D eigenvalue weighted by molar-refractivity contribution is 7.92. The highest BCUT2D eigenvalue weighted by atomic mass is 32.2. The molecule has 1 aromatic carbocycles. The molecule has 0 radical (unpaired) electrons. The molecular formula is C13H22N2O3S. The number of unbranched alkanes of at least 4 members (excludes halogenated alkanes) is 1. The van der Waals surface area contributed by atoms with Gasteiger partial charge in [-0.15, -0.1) is 0 Å². The molecule has 0 unspecified atom stereocenters. The highest BCUT2D eigenvalue weighted by Gasteiger charge is 2.20. The molecule has 0 heterocycles. The summed E-state index contributed by atoms with van der Waals surface area (Å²) in [5.41, 5.74) is 0.568. The van der Waals surface area contributed by atoms with Gasteiger partial charge in [0.05, 0.1) is 18.6 Å². The van der Waals surface area contributed by atoms with E-state index in [1.54, 1.807) is 25.2 Å². The van der Waals surface area contributed by atoms with E-state index >= 15 is 0 Å². The summed E-state index contributed by atoms with van der Waals surface area (Å²) in [5, 5.41) is 3.00. The summed E-state index contributed by atoms with van der Waals surface area (Å²) < 4.78 is 30.9. The Bertz CT molecular complexity index is 488. The van der Waals surface area contributed by atoms with Gasteiger partial charge in [-0.3, -0.25) is 4.31 Å². The van der Waals surface area contributed by atoms with Gasteiger partial charge in [0.2, 0.25) is 10.0 Å². The van der Waals surface area contributed by atoms with Crippen LogP contribution in [0.5, 0.6) is 5.75 Å². The topological polar surface area (TPSA) is 58.6 Å². The summed E-state index contributed by atoms with van der Waals surface area (Å²) in [6.45, 7) is 0.827. The highest BCUT2D eigenvalue weighted by Crippen LogP contribution is 2.28. The number of nitrogens with one attached hydrogen (secondary N) is 1. The Balaban J connectivity index is 2.77. The van der Waals surface area contributed by atoms with E-state index in [0.717, 1.165) is 13.0 Å². The molecule has 1 rings (SSSR count). The van der Waals surface area contributed by atoms with Crippen LogP contribution in [0.2, 0.25) is 0 Å². The van der Waals surface area contributed by atoms with E-state index in [-0.39, 0.29) is 5.75 Å². The summed E-state index contributed by atoms with van der Waals surface area (Å²) in [4.78, 5) is 0. The van der Waals surface area contributed by atoms with Gasteiger partial charge < -0.3 is 10.1 Å². The van der Waals surface area contributed by atoms with Crippen LogP contribution in [-0.4, -0.2) is 41.9 Å². The van der Waals surface area contributed by atoms with Crippen molar-refractivity contribution in [2.24, 2.45) is 0 Å². The summed E-state index contributed by atoms with van der Waals surface area (Å²) in [7, 11) is 1.65. The van der Waals surface area contributed by atoms with Gasteiger partial charge in [-0.2, -0.15) is 0 Å². The van der Waals surface area contributed by atoms with E-state index in [1.807, 2.05) is 13.1 Å². The minimum Gasteiger partial charge on any atom is -0.495 e. The number of rotatable bonds is 8. The van der Waals surface area contributed by atoms with Crippen LogP contribution in [0.3, 0.4) is 0 Å². The van der Waals surface area contributed by atoms with Crippen LogP contribution in [0.25, 0.3) is 0 Å². The number of methoxy groups -OCH3 is 1. The Morgan fingerprint density at radius 1 is 1.26 bits per heavy atom. The van der Waals surface area contributed by atoms with E-state index in [4.69, 9.17) is 4.74 Å². The van der Waals surface area contributed by atoms with Crippen LogP contribution in [0.15, 0.2) is 24.3 Å². The zero-order valence-electron chi connectivity index (χ0n) is 11.7. The molecule has 6 heteroatoms. The second-order valence-electron chi connectivity index (χ2n) is 4.27. The predicted molar refractivity (Wildman–Crippen MR) is 78.3 cm³/mol. The molecule has 0 saturated heterocycles. The van der Waals surface area contributed by atoms with Crippen molar-refractivity contribution >= 4 is 15.7 Å². The van der Waals surface area contributed by atoms with Crippen molar-refractivity contribution in [2.75, 3.05) is 37.8 Å². The summed E-state index contributed by atoms with van der Waals surface area (Å²) >= 11 is 0. The maximum atomic E-state index is 12.2. The lowest BCUT2D eigenvalue weighted by atomic mass is 10.3. The third-order valence-electron chi connectivity index (χ3n) is 2.92. The molecule has 1 N–H and O–H groups in total. The quantitative estimate of drug-likeness (QED) is 0.735. The van der Waals surface area contributed by atoms with Gasteiger partial charge >= 0.3 is 0 Å². The van der Waals surface area contributed by atoms with Crippen molar-refractivity contribution in [3.8, 4) is 5.75 Å².